The van der Waals surface area contributed by atoms with Crippen LogP contribution in [0.25, 0.3) is 10.9 Å². The van der Waals surface area contributed by atoms with Crippen LogP contribution in [0.3, 0.4) is 0 Å². The van der Waals surface area contributed by atoms with Crippen molar-refractivity contribution in [3.05, 3.63) is 65.4 Å². The van der Waals surface area contributed by atoms with Crippen molar-refractivity contribution in [2.45, 2.75) is 26.5 Å². The molecule has 4 rings (SSSR count). The molecule has 0 aliphatic carbocycles. The zero-order valence-corrected chi connectivity index (χ0v) is 16.0. The molecule has 150 valence electrons. The van der Waals surface area contributed by atoms with Gasteiger partial charge in [0, 0.05) is 41.8 Å². The molecule has 1 aliphatic rings. The Morgan fingerprint density at radius 3 is 2.69 bits per heavy atom. The number of para-hydroxylation sites is 1. The van der Waals surface area contributed by atoms with E-state index in [4.69, 9.17) is 4.98 Å². The molecular formula is C22H21F2N3O2. The molecule has 2 heterocycles. The molecule has 0 radical (unpaired) electrons. The highest BCUT2D eigenvalue weighted by Crippen LogP contribution is 2.29. The molecular weight excluding hydrogens is 376 g/mol. The summed E-state index contributed by atoms with van der Waals surface area (Å²) in [6.07, 6.45) is 0.800. The number of carbonyl (C=O) groups is 1. The molecule has 0 fully saturated rings. The first-order valence-electron chi connectivity index (χ1n) is 9.54. The predicted molar refractivity (Wildman–Crippen MR) is 107 cm³/mol. The molecule has 0 saturated carbocycles. The fraction of sp³-hybridized carbons (Fsp3) is 0.273. The average Bonchev–Trinajstić information content (AvgIpc) is 2.72. The van der Waals surface area contributed by atoms with Gasteiger partial charge in [-0.15, -0.1) is 0 Å². The van der Waals surface area contributed by atoms with E-state index in [2.05, 4.69) is 21.9 Å². The van der Waals surface area contributed by atoms with Crippen LogP contribution in [-0.4, -0.2) is 35.5 Å². The molecule has 2 aromatic carbocycles. The minimum Gasteiger partial charge on any atom is -0.435 e. The highest BCUT2D eigenvalue weighted by atomic mass is 19.3. The van der Waals surface area contributed by atoms with E-state index in [1.807, 2.05) is 24.3 Å². The second kappa shape index (κ2) is 8.13. The SMILES string of the molecule is CCN1CCc2nc3ccccc3c(C(=O)Nc3ccc(OC(F)F)cc3)c2C1. The number of anilines is 1. The highest BCUT2D eigenvalue weighted by Gasteiger charge is 2.25. The standard InChI is InChI=1S/C22H21F2N3O2/c1-2-27-12-11-19-17(13-27)20(16-5-3-4-6-18(16)26-19)21(28)25-14-7-9-15(10-8-14)29-22(23)24/h3-10,22H,2,11-13H2,1H3,(H,25,28). The molecule has 0 spiro atoms. The lowest BCUT2D eigenvalue weighted by atomic mass is 9.95. The van der Waals surface area contributed by atoms with Gasteiger partial charge in [-0.3, -0.25) is 14.7 Å². The first-order chi connectivity index (χ1) is 14.0. The van der Waals surface area contributed by atoms with Crippen LogP contribution in [0.4, 0.5) is 14.5 Å². The van der Waals surface area contributed by atoms with Crippen LogP contribution in [0.5, 0.6) is 5.75 Å². The van der Waals surface area contributed by atoms with E-state index in [0.717, 1.165) is 41.7 Å². The number of pyridine rings is 1. The number of aromatic nitrogens is 1. The Kier molecular flexibility index (Phi) is 5.40. The van der Waals surface area contributed by atoms with Gasteiger partial charge in [0.05, 0.1) is 11.1 Å². The van der Waals surface area contributed by atoms with E-state index in [9.17, 15) is 13.6 Å². The van der Waals surface area contributed by atoms with Crippen molar-refractivity contribution in [2.24, 2.45) is 0 Å². The van der Waals surface area contributed by atoms with Gasteiger partial charge in [-0.25, -0.2) is 0 Å². The van der Waals surface area contributed by atoms with E-state index in [1.54, 1.807) is 12.1 Å². The number of hydrogen-bond donors (Lipinski definition) is 1. The van der Waals surface area contributed by atoms with E-state index >= 15 is 0 Å². The van der Waals surface area contributed by atoms with Crippen molar-refractivity contribution < 1.29 is 18.3 Å². The van der Waals surface area contributed by atoms with Gasteiger partial charge in [-0.1, -0.05) is 25.1 Å². The number of nitrogens with zero attached hydrogens (tertiary/aromatic N) is 2. The number of nitrogens with one attached hydrogen (secondary N) is 1. The normalized spacial score (nSPS) is 14.1. The van der Waals surface area contributed by atoms with Crippen LogP contribution >= 0.6 is 0 Å². The molecule has 0 unspecified atom stereocenters. The molecule has 29 heavy (non-hydrogen) atoms. The zero-order chi connectivity index (χ0) is 20.4. The van der Waals surface area contributed by atoms with Crippen molar-refractivity contribution in [3.8, 4) is 5.75 Å². The summed E-state index contributed by atoms with van der Waals surface area (Å²) in [6.45, 7) is 1.71. The lowest BCUT2D eigenvalue weighted by molar-refractivity contribution is -0.0498. The minimum atomic E-state index is -2.88. The number of carbonyl (C=O) groups excluding carboxylic acids is 1. The average molecular weight is 397 g/mol. The Hall–Kier alpha value is -3.06. The molecule has 5 nitrogen and oxygen atoms in total. The third-order valence-electron chi connectivity index (χ3n) is 5.14. The number of amides is 1. The number of fused-ring (bicyclic) bond motifs is 2. The molecule has 1 N–H and O–H groups in total. The summed E-state index contributed by atoms with van der Waals surface area (Å²) in [5.74, 6) is -0.191. The van der Waals surface area contributed by atoms with Gasteiger partial charge in [0.2, 0.25) is 0 Å². The number of alkyl halides is 2. The quantitative estimate of drug-likeness (QED) is 0.690. The number of hydrogen-bond acceptors (Lipinski definition) is 4. The second-order valence-electron chi connectivity index (χ2n) is 6.90. The van der Waals surface area contributed by atoms with Crippen molar-refractivity contribution in [1.29, 1.82) is 0 Å². The Labute approximate surface area is 167 Å². The molecule has 0 atom stereocenters. The number of benzene rings is 2. The molecule has 3 aromatic rings. The van der Waals surface area contributed by atoms with Crippen molar-refractivity contribution in [2.75, 3.05) is 18.4 Å². The number of rotatable bonds is 5. The summed E-state index contributed by atoms with van der Waals surface area (Å²) in [5, 5.41) is 3.69. The summed E-state index contributed by atoms with van der Waals surface area (Å²) >= 11 is 0. The molecule has 1 aromatic heterocycles. The van der Waals surface area contributed by atoms with Gasteiger partial charge in [0.25, 0.3) is 5.91 Å². The summed E-state index contributed by atoms with van der Waals surface area (Å²) in [4.78, 5) is 20.3. The van der Waals surface area contributed by atoms with Crippen LogP contribution in [0, 0.1) is 0 Å². The fourth-order valence-electron chi connectivity index (χ4n) is 3.69. The van der Waals surface area contributed by atoms with Crippen LogP contribution in [0.1, 0.15) is 28.5 Å². The van der Waals surface area contributed by atoms with Gasteiger partial charge >= 0.3 is 6.61 Å². The number of ether oxygens (including phenoxy) is 1. The predicted octanol–water partition coefficient (Wildman–Crippen LogP) is 4.47. The Morgan fingerprint density at radius 1 is 1.21 bits per heavy atom. The Balaban J connectivity index is 1.69. The summed E-state index contributed by atoms with van der Waals surface area (Å²) < 4.78 is 29.0. The van der Waals surface area contributed by atoms with Gasteiger partial charge in [0.1, 0.15) is 5.75 Å². The van der Waals surface area contributed by atoms with Gasteiger partial charge in [0.15, 0.2) is 0 Å². The van der Waals surface area contributed by atoms with E-state index < -0.39 is 6.61 Å². The maximum Gasteiger partial charge on any atom is 0.387 e. The first kappa shape index (κ1) is 19.3. The molecule has 0 bridgehead atoms. The highest BCUT2D eigenvalue weighted by molar-refractivity contribution is 6.13. The van der Waals surface area contributed by atoms with Gasteiger partial charge < -0.3 is 10.1 Å². The fourth-order valence-corrected chi connectivity index (χ4v) is 3.69. The molecule has 0 saturated heterocycles. The smallest absolute Gasteiger partial charge is 0.387 e. The van der Waals surface area contributed by atoms with Crippen LogP contribution < -0.4 is 10.1 Å². The lowest BCUT2D eigenvalue weighted by Crippen LogP contribution is -2.33. The van der Waals surface area contributed by atoms with Crippen molar-refractivity contribution >= 4 is 22.5 Å². The van der Waals surface area contributed by atoms with Crippen LogP contribution in [0.15, 0.2) is 48.5 Å². The number of likely N-dealkylation sites (N-methyl/N-ethyl adjacent to an activating group) is 1. The monoisotopic (exact) mass is 397 g/mol. The Bertz CT molecular complexity index is 1040. The first-order valence-corrected chi connectivity index (χ1v) is 9.54. The molecule has 7 heteroatoms. The number of halogens is 2. The maximum atomic E-state index is 13.2. The van der Waals surface area contributed by atoms with E-state index in [1.165, 1.54) is 12.1 Å². The van der Waals surface area contributed by atoms with E-state index in [0.29, 0.717) is 17.8 Å². The minimum absolute atomic E-state index is 0.0447. The third-order valence-corrected chi connectivity index (χ3v) is 5.14. The summed E-state index contributed by atoms with van der Waals surface area (Å²) in [6, 6.07) is 13.5. The largest absolute Gasteiger partial charge is 0.435 e. The van der Waals surface area contributed by atoms with Crippen LogP contribution in [0.2, 0.25) is 0 Å². The maximum absolute atomic E-state index is 13.2. The summed E-state index contributed by atoms with van der Waals surface area (Å²) in [7, 11) is 0. The molecule has 1 aliphatic heterocycles. The Morgan fingerprint density at radius 2 is 1.97 bits per heavy atom. The van der Waals surface area contributed by atoms with Crippen molar-refractivity contribution in [1.82, 2.24) is 9.88 Å². The van der Waals surface area contributed by atoms with Crippen LogP contribution in [-0.2, 0) is 13.0 Å². The third kappa shape index (κ3) is 4.05. The van der Waals surface area contributed by atoms with Gasteiger partial charge in [-0.05, 0) is 36.9 Å². The van der Waals surface area contributed by atoms with E-state index in [-0.39, 0.29) is 11.7 Å². The van der Waals surface area contributed by atoms with Crippen molar-refractivity contribution in [3.63, 3.8) is 0 Å². The lowest BCUT2D eigenvalue weighted by Gasteiger charge is -2.29. The topological polar surface area (TPSA) is 54.5 Å². The summed E-state index contributed by atoms with van der Waals surface area (Å²) in [5.41, 5.74) is 3.83. The van der Waals surface area contributed by atoms with Gasteiger partial charge in [-0.2, -0.15) is 8.78 Å². The molecule has 1 amide bonds. The second-order valence-corrected chi connectivity index (χ2v) is 6.90. The zero-order valence-electron chi connectivity index (χ0n) is 16.0.